The van der Waals surface area contributed by atoms with E-state index in [2.05, 4.69) is 5.32 Å². The van der Waals surface area contributed by atoms with Gasteiger partial charge < -0.3 is 14.8 Å². The van der Waals surface area contributed by atoms with Crippen LogP contribution in [-0.2, 0) is 4.79 Å². The van der Waals surface area contributed by atoms with Crippen LogP contribution in [0.15, 0.2) is 84.9 Å². The Bertz CT molecular complexity index is 942. The largest absolute Gasteiger partial charge is 0.497 e. The molecule has 0 fully saturated rings. The highest BCUT2D eigenvalue weighted by Gasteiger charge is 2.16. The van der Waals surface area contributed by atoms with Gasteiger partial charge in [-0.3, -0.25) is 4.79 Å². The number of amides is 1. The maximum absolute atomic E-state index is 12.9. The average Bonchev–Trinajstić information content (AvgIpc) is 2.78. The minimum absolute atomic E-state index is 0.168. The molecule has 0 unspecified atom stereocenters. The third kappa shape index (κ3) is 5.05. The average molecular weight is 387 g/mol. The summed E-state index contributed by atoms with van der Waals surface area (Å²) in [4.78, 5) is 12.9. The van der Waals surface area contributed by atoms with Gasteiger partial charge in [-0.15, -0.1) is 0 Å². The van der Waals surface area contributed by atoms with Crippen molar-refractivity contribution in [3.63, 3.8) is 0 Å². The van der Waals surface area contributed by atoms with E-state index >= 15 is 0 Å². The molecule has 148 valence electrons. The first-order valence-electron chi connectivity index (χ1n) is 9.43. The Morgan fingerprint density at radius 1 is 0.862 bits per heavy atom. The van der Waals surface area contributed by atoms with E-state index in [1.807, 2.05) is 79.7 Å². The number of carbonyl (C=O) groups excluding carboxylic acids is 1. The van der Waals surface area contributed by atoms with Gasteiger partial charge in [-0.25, -0.2) is 0 Å². The maximum Gasteiger partial charge on any atom is 0.245 e. The van der Waals surface area contributed by atoms with E-state index in [1.165, 1.54) is 0 Å². The molecule has 4 heteroatoms. The van der Waals surface area contributed by atoms with Crippen molar-refractivity contribution in [3.8, 4) is 11.5 Å². The standard InChI is InChI=1S/C25H25NO3/c1-18(22-15-14-21(28-2)17-23(22)29-3)16-24(27)26-25(19-10-6-4-7-11-19)20-12-8-5-9-13-20/h4-17,25H,1-3H3,(H,26,27)/b18-16+. The summed E-state index contributed by atoms with van der Waals surface area (Å²) >= 11 is 0. The predicted octanol–water partition coefficient (Wildman–Crippen LogP) is 5.01. The Kier molecular flexibility index (Phi) is 6.69. The van der Waals surface area contributed by atoms with Gasteiger partial charge in [0.15, 0.2) is 0 Å². The van der Waals surface area contributed by atoms with Gasteiger partial charge in [0.1, 0.15) is 11.5 Å². The third-order valence-corrected chi connectivity index (χ3v) is 4.73. The molecular formula is C25H25NO3. The van der Waals surface area contributed by atoms with E-state index < -0.39 is 0 Å². The van der Waals surface area contributed by atoms with Gasteiger partial charge in [0.25, 0.3) is 0 Å². The van der Waals surface area contributed by atoms with Crippen molar-refractivity contribution >= 4 is 11.5 Å². The molecule has 0 aliphatic heterocycles. The van der Waals surface area contributed by atoms with Crippen LogP contribution in [0.2, 0.25) is 0 Å². The van der Waals surface area contributed by atoms with Gasteiger partial charge in [-0.2, -0.15) is 0 Å². The number of ether oxygens (including phenoxy) is 2. The predicted molar refractivity (Wildman–Crippen MR) is 116 cm³/mol. The number of carbonyl (C=O) groups is 1. The fraction of sp³-hybridized carbons (Fsp3) is 0.160. The first-order valence-corrected chi connectivity index (χ1v) is 9.43. The fourth-order valence-corrected chi connectivity index (χ4v) is 3.23. The minimum atomic E-state index is -0.230. The number of hydrogen-bond donors (Lipinski definition) is 1. The van der Waals surface area contributed by atoms with E-state index in [0.29, 0.717) is 11.5 Å². The third-order valence-electron chi connectivity index (χ3n) is 4.73. The molecule has 0 saturated heterocycles. The van der Waals surface area contributed by atoms with Crippen LogP contribution < -0.4 is 14.8 Å². The van der Waals surface area contributed by atoms with Crippen LogP contribution in [0.1, 0.15) is 29.7 Å². The van der Waals surface area contributed by atoms with Gasteiger partial charge in [0, 0.05) is 17.7 Å². The van der Waals surface area contributed by atoms with Crippen LogP contribution in [-0.4, -0.2) is 20.1 Å². The lowest BCUT2D eigenvalue weighted by Gasteiger charge is -2.19. The summed E-state index contributed by atoms with van der Waals surface area (Å²) in [6.07, 6.45) is 1.60. The van der Waals surface area contributed by atoms with E-state index in [0.717, 1.165) is 22.3 Å². The van der Waals surface area contributed by atoms with Crippen LogP contribution >= 0.6 is 0 Å². The van der Waals surface area contributed by atoms with E-state index in [1.54, 1.807) is 26.4 Å². The summed E-state index contributed by atoms with van der Waals surface area (Å²) in [6.45, 7) is 1.89. The number of hydrogen-bond acceptors (Lipinski definition) is 3. The summed E-state index contributed by atoms with van der Waals surface area (Å²) in [5.74, 6) is 1.20. The van der Waals surface area contributed by atoms with Crippen molar-refractivity contribution in [2.45, 2.75) is 13.0 Å². The molecule has 0 radical (unpaired) electrons. The number of methoxy groups -OCH3 is 2. The van der Waals surface area contributed by atoms with Crippen molar-refractivity contribution in [1.29, 1.82) is 0 Å². The lowest BCUT2D eigenvalue weighted by molar-refractivity contribution is -0.116. The van der Waals surface area contributed by atoms with Gasteiger partial charge >= 0.3 is 0 Å². The van der Waals surface area contributed by atoms with E-state index in [4.69, 9.17) is 9.47 Å². The van der Waals surface area contributed by atoms with Crippen LogP contribution in [0.3, 0.4) is 0 Å². The summed E-state index contributed by atoms with van der Waals surface area (Å²) < 4.78 is 10.7. The second kappa shape index (κ2) is 9.60. The number of benzene rings is 3. The van der Waals surface area contributed by atoms with Gasteiger partial charge in [0.05, 0.1) is 20.3 Å². The molecular weight excluding hydrogens is 362 g/mol. The molecule has 0 bridgehead atoms. The molecule has 3 rings (SSSR count). The highest BCUT2D eigenvalue weighted by Crippen LogP contribution is 2.30. The zero-order valence-electron chi connectivity index (χ0n) is 16.9. The molecule has 4 nitrogen and oxygen atoms in total. The monoisotopic (exact) mass is 387 g/mol. The Hall–Kier alpha value is -3.53. The number of nitrogens with one attached hydrogen (secondary N) is 1. The summed E-state index contributed by atoms with van der Waals surface area (Å²) in [6, 6.07) is 25.2. The van der Waals surface area contributed by atoms with Crippen LogP contribution in [0.4, 0.5) is 0 Å². The molecule has 0 aliphatic rings. The minimum Gasteiger partial charge on any atom is -0.497 e. The highest BCUT2D eigenvalue weighted by molar-refractivity contribution is 5.96. The SMILES string of the molecule is COc1ccc(/C(C)=C/C(=O)NC(c2ccccc2)c2ccccc2)c(OC)c1. The van der Waals surface area contributed by atoms with Crippen molar-refractivity contribution in [3.05, 3.63) is 102 Å². The lowest BCUT2D eigenvalue weighted by Crippen LogP contribution is -2.27. The number of allylic oxidation sites excluding steroid dienone is 1. The molecule has 29 heavy (non-hydrogen) atoms. The molecule has 0 aliphatic carbocycles. The van der Waals surface area contributed by atoms with E-state index in [-0.39, 0.29) is 11.9 Å². The second-order valence-corrected chi connectivity index (χ2v) is 6.66. The molecule has 0 heterocycles. The Balaban J connectivity index is 1.87. The molecule has 3 aromatic carbocycles. The summed E-state index contributed by atoms with van der Waals surface area (Å²) in [5, 5.41) is 3.13. The van der Waals surface area contributed by atoms with Crippen molar-refractivity contribution in [1.82, 2.24) is 5.32 Å². The molecule has 1 amide bonds. The fourth-order valence-electron chi connectivity index (χ4n) is 3.23. The van der Waals surface area contributed by atoms with Gasteiger partial charge in [-0.05, 0) is 35.8 Å². The van der Waals surface area contributed by atoms with Gasteiger partial charge in [0.2, 0.25) is 5.91 Å². The molecule has 0 atom stereocenters. The highest BCUT2D eigenvalue weighted by atomic mass is 16.5. The Morgan fingerprint density at radius 2 is 1.45 bits per heavy atom. The van der Waals surface area contributed by atoms with E-state index in [9.17, 15) is 4.79 Å². The normalized spacial score (nSPS) is 11.2. The quantitative estimate of drug-likeness (QED) is 0.580. The van der Waals surface area contributed by atoms with Crippen LogP contribution in [0.25, 0.3) is 5.57 Å². The first-order chi connectivity index (χ1) is 14.1. The topological polar surface area (TPSA) is 47.6 Å². The van der Waals surface area contributed by atoms with Gasteiger partial charge in [-0.1, -0.05) is 60.7 Å². The zero-order chi connectivity index (χ0) is 20.6. The van der Waals surface area contributed by atoms with Crippen LogP contribution in [0.5, 0.6) is 11.5 Å². The molecule has 0 aromatic heterocycles. The Morgan fingerprint density at radius 3 is 1.97 bits per heavy atom. The van der Waals surface area contributed by atoms with Crippen molar-refractivity contribution in [2.75, 3.05) is 14.2 Å². The Labute approximate surface area is 171 Å². The smallest absolute Gasteiger partial charge is 0.245 e. The zero-order valence-corrected chi connectivity index (χ0v) is 16.9. The van der Waals surface area contributed by atoms with Crippen LogP contribution in [0, 0.1) is 0 Å². The maximum atomic E-state index is 12.9. The van der Waals surface area contributed by atoms with Crippen molar-refractivity contribution in [2.24, 2.45) is 0 Å². The lowest BCUT2D eigenvalue weighted by atomic mass is 9.98. The first kappa shape index (κ1) is 20.2. The molecule has 1 N–H and O–H groups in total. The van der Waals surface area contributed by atoms with Crippen molar-refractivity contribution < 1.29 is 14.3 Å². The second-order valence-electron chi connectivity index (χ2n) is 6.66. The molecule has 0 spiro atoms. The molecule has 3 aromatic rings. The number of rotatable bonds is 7. The summed E-state index contributed by atoms with van der Waals surface area (Å²) in [7, 11) is 3.21. The molecule has 0 saturated carbocycles. The summed E-state index contributed by atoms with van der Waals surface area (Å²) in [5.41, 5.74) is 3.71.